The van der Waals surface area contributed by atoms with Gasteiger partial charge in [-0.25, -0.2) is 0 Å². The van der Waals surface area contributed by atoms with E-state index in [0.29, 0.717) is 23.2 Å². The van der Waals surface area contributed by atoms with Crippen molar-refractivity contribution in [1.82, 2.24) is 0 Å². The molecule has 0 amide bonds. The van der Waals surface area contributed by atoms with E-state index in [2.05, 4.69) is 21.2 Å². The molecule has 0 atom stereocenters. The molecule has 0 aliphatic rings. The highest BCUT2D eigenvalue weighted by Crippen LogP contribution is 2.27. The van der Waals surface area contributed by atoms with Gasteiger partial charge in [-0.2, -0.15) is 0 Å². The molecule has 0 aliphatic heterocycles. The van der Waals surface area contributed by atoms with Crippen molar-refractivity contribution in [2.24, 2.45) is 0 Å². The van der Waals surface area contributed by atoms with Crippen LogP contribution >= 0.6 is 39.1 Å². The molecule has 2 rings (SSSR count). The molecule has 2 aromatic rings. The number of nitrogens with one attached hydrogen (secondary N) is 1. The predicted octanol–water partition coefficient (Wildman–Crippen LogP) is 5.77. The third kappa shape index (κ3) is 4.30. The Morgan fingerprint density at radius 2 is 1.80 bits per heavy atom. The number of benzene rings is 2. The van der Waals surface area contributed by atoms with Crippen molar-refractivity contribution in [2.75, 3.05) is 11.9 Å². The Bertz CT molecular complexity index is 584. The highest BCUT2D eigenvalue weighted by molar-refractivity contribution is 9.10. The Morgan fingerprint density at radius 1 is 1.10 bits per heavy atom. The van der Waals surface area contributed by atoms with Crippen LogP contribution in [0.2, 0.25) is 10.0 Å². The number of ether oxygens (including phenoxy) is 1. The maximum absolute atomic E-state index is 5.96. The topological polar surface area (TPSA) is 21.3 Å². The Balaban J connectivity index is 2.05. The van der Waals surface area contributed by atoms with Crippen LogP contribution in [0.3, 0.4) is 0 Å². The zero-order valence-electron chi connectivity index (χ0n) is 10.9. The van der Waals surface area contributed by atoms with Crippen molar-refractivity contribution < 1.29 is 4.74 Å². The van der Waals surface area contributed by atoms with Crippen LogP contribution in [-0.4, -0.2) is 6.61 Å². The zero-order chi connectivity index (χ0) is 14.5. The minimum Gasteiger partial charge on any atom is -0.493 e. The third-order valence-corrected chi connectivity index (χ3v) is 3.71. The van der Waals surface area contributed by atoms with E-state index in [0.717, 1.165) is 21.5 Å². The summed E-state index contributed by atoms with van der Waals surface area (Å²) in [5.41, 5.74) is 2.03. The van der Waals surface area contributed by atoms with Gasteiger partial charge >= 0.3 is 0 Å². The molecule has 106 valence electrons. The molecule has 2 aromatic carbocycles. The maximum atomic E-state index is 5.96. The molecule has 5 heteroatoms. The van der Waals surface area contributed by atoms with Crippen LogP contribution in [0.15, 0.2) is 40.9 Å². The largest absolute Gasteiger partial charge is 0.493 e. The van der Waals surface area contributed by atoms with Gasteiger partial charge in [0.1, 0.15) is 5.75 Å². The monoisotopic (exact) mass is 373 g/mol. The van der Waals surface area contributed by atoms with E-state index in [1.807, 2.05) is 37.3 Å². The van der Waals surface area contributed by atoms with E-state index in [1.54, 1.807) is 6.07 Å². The first-order valence-corrected chi connectivity index (χ1v) is 7.74. The van der Waals surface area contributed by atoms with Gasteiger partial charge in [-0.15, -0.1) is 0 Å². The molecular weight excluding hydrogens is 361 g/mol. The Hall–Kier alpha value is -0.900. The fourth-order valence-corrected chi connectivity index (χ4v) is 2.85. The van der Waals surface area contributed by atoms with Crippen LogP contribution in [0.25, 0.3) is 0 Å². The lowest BCUT2D eigenvalue weighted by Gasteiger charge is -2.10. The number of anilines is 1. The predicted molar refractivity (Wildman–Crippen MR) is 89.1 cm³/mol. The molecule has 0 spiro atoms. The van der Waals surface area contributed by atoms with Gasteiger partial charge in [0.2, 0.25) is 0 Å². The summed E-state index contributed by atoms with van der Waals surface area (Å²) in [5.74, 6) is 0.849. The van der Waals surface area contributed by atoms with Gasteiger partial charge < -0.3 is 10.1 Å². The van der Waals surface area contributed by atoms with E-state index >= 15 is 0 Å². The van der Waals surface area contributed by atoms with Gasteiger partial charge in [-0.1, -0.05) is 29.3 Å². The van der Waals surface area contributed by atoms with Crippen molar-refractivity contribution in [2.45, 2.75) is 13.5 Å². The standard InChI is InChI=1S/C15H14BrCl2NO/c1-2-20-15-4-3-10(5-14(15)16)9-19-13-7-11(17)6-12(18)8-13/h3-8,19H,2,9H2,1H3. The van der Waals surface area contributed by atoms with Gasteiger partial charge in [-0.05, 0) is 58.7 Å². The summed E-state index contributed by atoms with van der Waals surface area (Å²) in [6, 6.07) is 11.4. The van der Waals surface area contributed by atoms with E-state index in [-0.39, 0.29) is 0 Å². The van der Waals surface area contributed by atoms with E-state index in [1.165, 1.54) is 0 Å². The van der Waals surface area contributed by atoms with E-state index in [4.69, 9.17) is 27.9 Å². The Kier molecular flexibility index (Phi) is 5.58. The lowest BCUT2D eigenvalue weighted by molar-refractivity contribution is 0.338. The molecule has 0 unspecified atom stereocenters. The second-order valence-corrected chi connectivity index (χ2v) is 5.94. The second-order valence-electron chi connectivity index (χ2n) is 4.21. The minimum atomic E-state index is 0.618. The smallest absolute Gasteiger partial charge is 0.133 e. The lowest BCUT2D eigenvalue weighted by Crippen LogP contribution is -2.00. The highest BCUT2D eigenvalue weighted by atomic mass is 79.9. The summed E-state index contributed by atoms with van der Waals surface area (Å²) >= 11 is 15.4. The molecule has 2 nitrogen and oxygen atoms in total. The Morgan fingerprint density at radius 3 is 2.40 bits per heavy atom. The second kappa shape index (κ2) is 7.21. The summed E-state index contributed by atoms with van der Waals surface area (Å²) < 4.78 is 6.43. The van der Waals surface area contributed by atoms with Crippen molar-refractivity contribution in [3.05, 3.63) is 56.5 Å². The molecule has 0 heterocycles. The van der Waals surface area contributed by atoms with Crippen LogP contribution in [0.5, 0.6) is 5.75 Å². The van der Waals surface area contributed by atoms with Crippen molar-refractivity contribution >= 4 is 44.8 Å². The van der Waals surface area contributed by atoms with Gasteiger partial charge in [0.05, 0.1) is 11.1 Å². The summed E-state index contributed by atoms with van der Waals surface area (Å²) in [4.78, 5) is 0. The molecule has 0 saturated carbocycles. The number of hydrogen-bond acceptors (Lipinski definition) is 2. The fourth-order valence-electron chi connectivity index (χ4n) is 1.79. The first-order chi connectivity index (χ1) is 9.58. The summed E-state index contributed by atoms with van der Waals surface area (Å²) in [5, 5.41) is 4.53. The molecule has 0 fully saturated rings. The van der Waals surface area contributed by atoms with Crippen LogP contribution in [0.4, 0.5) is 5.69 Å². The highest BCUT2D eigenvalue weighted by Gasteiger charge is 2.03. The normalized spacial score (nSPS) is 10.4. The molecular formula is C15H14BrCl2NO. The van der Waals surface area contributed by atoms with Crippen molar-refractivity contribution in [3.8, 4) is 5.75 Å². The minimum absolute atomic E-state index is 0.618. The average Bonchev–Trinajstić information content (AvgIpc) is 2.38. The Labute approximate surface area is 137 Å². The molecule has 1 N–H and O–H groups in total. The molecule has 0 radical (unpaired) electrons. The van der Waals surface area contributed by atoms with Crippen LogP contribution < -0.4 is 10.1 Å². The number of hydrogen-bond donors (Lipinski definition) is 1. The SMILES string of the molecule is CCOc1ccc(CNc2cc(Cl)cc(Cl)c2)cc1Br. The van der Waals surface area contributed by atoms with Crippen LogP contribution in [0, 0.1) is 0 Å². The molecule has 0 aromatic heterocycles. The summed E-state index contributed by atoms with van der Waals surface area (Å²) in [6.45, 7) is 3.30. The summed E-state index contributed by atoms with van der Waals surface area (Å²) in [7, 11) is 0. The lowest BCUT2D eigenvalue weighted by atomic mass is 10.2. The number of rotatable bonds is 5. The van der Waals surface area contributed by atoms with Gasteiger partial charge in [0, 0.05) is 22.3 Å². The first-order valence-electron chi connectivity index (χ1n) is 6.19. The van der Waals surface area contributed by atoms with Crippen molar-refractivity contribution in [1.29, 1.82) is 0 Å². The van der Waals surface area contributed by atoms with Crippen LogP contribution in [0.1, 0.15) is 12.5 Å². The first kappa shape index (κ1) is 15.5. The van der Waals surface area contributed by atoms with Crippen LogP contribution in [-0.2, 0) is 6.54 Å². The van der Waals surface area contributed by atoms with Crippen molar-refractivity contribution in [3.63, 3.8) is 0 Å². The van der Waals surface area contributed by atoms with Gasteiger partial charge in [-0.3, -0.25) is 0 Å². The van der Waals surface area contributed by atoms with E-state index in [9.17, 15) is 0 Å². The zero-order valence-corrected chi connectivity index (χ0v) is 14.0. The van der Waals surface area contributed by atoms with E-state index < -0.39 is 0 Å². The quantitative estimate of drug-likeness (QED) is 0.717. The maximum Gasteiger partial charge on any atom is 0.133 e. The number of halogens is 3. The molecule has 0 saturated heterocycles. The third-order valence-electron chi connectivity index (χ3n) is 2.66. The molecule has 20 heavy (non-hydrogen) atoms. The van der Waals surface area contributed by atoms with Gasteiger partial charge in [0.25, 0.3) is 0 Å². The molecule has 0 aliphatic carbocycles. The average molecular weight is 375 g/mol. The molecule has 0 bridgehead atoms. The van der Waals surface area contributed by atoms with Gasteiger partial charge in [0.15, 0.2) is 0 Å². The summed E-state index contributed by atoms with van der Waals surface area (Å²) in [6.07, 6.45) is 0. The fraction of sp³-hybridized carbons (Fsp3) is 0.200.